The number of hydrogen-bond acceptors (Lipinski definition) is 2. The van der Waals surface area contributed by atoms with Crippen LogP contribution in [0.3, 0.4) is 0 Å². The van der Waals surface area contributed by atoms with Crippen molar-refractivity contribution in [3.63, 3.8) is 0 Å². The fraction of sp³-hybridized carbons (Fsp3) is 0.429. The van der Waals surface area contributed by atoms with Crippen molar-refractivity contribution >= 4 is 44.4 Å². The van der Waals surface area contributed by atoms with Gasteiger partial charge in [-0.25, -0.2) is 9.97 Å². The van der Waals surface area contributed by atoms with E-state index in [0.717, 1.165) is 135 Å². The molecule has 0 unspecified atom stereocenters. The van der Waals surface area contributed by atoms with Gasteiger partial charge < -0.3 is 9.97 Å². The van der Waals surface area contributed by atoms with E-state index in [0.29, 0.717) is 0 Å². The van der Waals surface area contributed by atoms with Crippen LogP contribution >= 0.6 is 0 Å². The van der Waals surface area contributed by atoms with Crippen molar-refractivity contribution in [2.45, 2.75) is 159 Å². The normalized spacial score (nSPS) is 12.8. The minimum Gasteiger partial charge on any atom is -0.657 e. The molecule has 0 N–H and O–H groups in total. The summed E-state index contributed by atoms with van der Waals surface area (Å²) in [7, 11) is 0. The predicted octanol–water partition coefficient (Wildman–Crippen LogP) is 15.3. The minimum atomic E-state index is 0. The Kier molecular flexibility index (Phi) is 15.6. The molecule has 5 aromatic rings. The maximum Gasteiger partial charge on any atom is 2.00 e. The Morgan fingerprint density at radius 1 is 0.361 bits per heavy atom. The number of aromatic nitrogens is 4. The van der Waals surface area contributed by atoms with E-state index in [9.17, 15) is 0 Å². The first-order valence-corrected chi connectivity index (χ1v) is 23.7. The van der Waals surface area contributed by atoms with Crippen LogP contribution in [0.1, 0.15) is 177 Å². The second-order valence-electron chi connectivity index (χ2n) is 16.5. The van der Waals surface area contributed by atoms with Crippen LogP contribution in [0.5, 0.6) is 0 Å². The fourth-order valence-corrected chi connectivity index (χ4v) is 10.4. The number of hydrogen-bond donors (Lipinski definition) is 0. The Bertz CT molecular complexity index is 2410. The summed E-state index contributed by atoms with van der Waals surface area (Å²) in [6.45, 7) is 23.2. The molecule has 2 aromatic carbocycles. The maximum absolute atomic E-state index is 5.93. The number of nitrogens with zero attached hydrogens (tertiary/aromatic N) is 4. The minimum absolute atomic E-state index is 0. The first-order valence-electron chi connectivity index (χ1n) is 23.7. The molecule has 5 heterocycles. The third-order valence-electron chi connectivity index (χ3n) is 13.2. The summed E-state index contributed by atoms with van der Waals surface area (Å²) in [4.78, 5) is 23.7. The second kappa shape index (κ2) is 20.6. The van der Waals surface area contributed by atoms with Crippen LogP contribution < -0.4 is 9.97 Å². The topological polar surface area (TPSA) is 54.0 Å². The Labute approximate surface area is 377 Å². The van der Waals surface area contributed by atoms with E-state index >= 15 is 0 Å². The first-order chi connectivity index (χ1) is 29.4. The van der Waals surface area contributed by atoms with Gasteiger partial charge in [0.15, 0.2) is 0 Å². The van der Waals surface area contributed by atoms with Gasteiger partial charge in [-0.3, -0.25) is 0 Å². The molecular weight excluding hydrogens is 787 g/mol. The Morgan fingerprint density at radius 2 is 0.689 bits per heavy atom. The van der Waals surface area contributed by atoms with Crippen molar-refractivity contribution in [2.24, 2.45) is 0 Å². The molecule has 2 aliphatic rings. The molecule has 0 amide bonds. The molecule has 0 fully saturated rings. The van der Waals surface area contributed by atoms with Crippen molar-refractivity contribution in [3.05, 3.63) is 117 Å². The fourth-order valence-electron chi connectivity index (χ4n) is 10.4. The molecule has 7 rings (SSSR count). The predicted molar refractivity (Wildman–Crippen MR) is 259 cm³/mol. The molecule has 2 aliphatic heterocycles. The van der Waals surface area contributed by atoms with Crippen molar-refractivity contribution < 1.29 is 16.5 Å². The van der Waals surface area contributed by atoms with Crippen molar-refractivity contribution in [1.82, 2.24) is 19.9 Å². The van der Waals surface area contributed by atoms with Gasteiger partial charge in [0.2, 0.25) is 0 Å². The number of aryl methyl sites for hydroxylation is 5. The number of allylic oxidation sites excluding steroid dienone is 4. The summed E-state index contributed by atoms with van der Waals surface area (Å²) < 4.78 is 0. The van der Waals surface area contributed by atoms with Crippen molar-refractivity contribution in [1.29, 1.82) is 0 Å². The van der Waals surface area contributed by atoms with Gasteiger partial charge in [0.25, 0.3) is 0 Å². The van der Waals surface area contributed by atoms with Crippen LogP contribution in [-0.4, -0.2) is 9.97 Å². The number of unbranched alkanes of at least 4 members (excludes halogenated alkanes) is 2. The number of benzene rings is 2. The molecule has 0 aliphatic carbocycles. The van der Waals surface area contributed by atoms with E-state index in [2.05, 4.69) is 130 Å². The van der Waals surface area contributed by atoms with Crippen LogP contribution in [0.4, 0.5) is 0 Å². The average molecular weight is 856 g/mol. The second-order valence-corrected chi connectivity index (χ2v) is 16.5. The van der Waals surface area contributed by atoms with E-state index < -0.39 is 0 Å². The van der Waals surface area contributed by atoms with Crippen molar-refractivity contribution in [2.75, 3.05) is 0 Å². The molecule has 4 nitrogen and oxygen atoms in total. The van der Waals surface area contributed by atoms with Gasteiger partial charge >= 0.3 is 16.5 Å². The molecule has 0 saturated carbocycles. The summed E-state index contributed by atoms with van der Waals surface area (Å²) in [6.07, 6.45) is 13.5. The molecule has 0 atom stereocenters. The smallest absolute Gasteiger partial charge is 0.657 e. The quantitative estimate of drug-likeness (QED) is 0.0928. The van der Waals surface area contributed by atoms with Crippen molar-refractivity contribution in [3.8, 4) is 22.3 Å². The Hall–Kier alpha value is -4.47. The summed E-state index contributed by atoms with van der Waals surface area (Å²) in [5.74, 6) is 0. The van der Waals surface area contributed by atoms with Gasteiger partial charge in [0.05, 0.1) is 22.8 Å². The number of fused-ring (bicyclic) bond motifs is 8. The zero-order valence-corrected chi connectivity index (χ0v) is 39.8. The van der Waals surface area contributed by atoms with E-state index in [1.54, 1.807) is 0 Å². The van der Waals surface area contributed by atoms with Gasteiger partial charge in [0, 0.05) is 5.56 Å². The van der Waals surface area contributed by atoms with E-state index in [1.165, 1.54) is 77.9 Å². The molecule has 3 aromatic heterocycles. The van der Waals surface area contributed by atoms with Crippen LogP contribution in [-0.2, 0) is 55.0 Å². The van der Waals surface area contributed by atoms with E-state index in [4.69, 9.17) is 19.9 Å². The summed E-state index contributed by atoms with van der Waals surface area (Å²) >= 11 is 0. The zero-order valence-electron chi connectivity index (χ0n) is 38.8. The average Bonchev–Trinajstić information content (AvgIpc) is 4.05. The summed E-state index contributed by atoms with van der Waals surface area (Å²) in [5.41, 5.74) is 27.2. The van der Waals surface area contributed by atoms with Crippen LogP contribution in [0, 0.1) is 0 Å². The molecule has 5 heteroatoms. The standard InChI is InChI=1S/C56H68N4.Ni/c1-11-21-33-45-49-37(13-3)41(17-7)53(57-49)47(35-29-25-23-26-30-35)55-43(19-9)39(15-5)51(59-55)46(34-22-12-2)52-40(16-6)44(20-10)56(60-52)48(36-31-27-24-28-32-36)54-42(18-8)38(14-4)50(45)58-54;/h23-32H,11-22,33-34H2,1-10H3;/q-2;+2. The Balaban J connectivity index is 0.00000622. The monoisotopic (exact) mass is 854 g/mol. The van der Waals surface area contributed by atoms with Gasteiger partial charge in [-0.1, -0.05) is 171 Å². The zero-order chi connectivity index (χ0) is 42.5. The molecule has 8 bridgehead atoms. The van der Waals surface area contributed by atoms with E-state index in [1.807, 2.05) is 0 Å². The molecule has 0 radical (unpaired) electrons. The summed E-state index contributed by atoms with van der Waals surface area (Å²) in [5, 5.41) is 0. The first kappa shape index (κ1) is 46.0. The van der Waals surface area contributed by atoms with E-state index in [-0.39, 0.29) is 16.5 Å². The third-order valence-corrected chi connectivity index (χ3v) is 13.2. The van der Waals surface area contributed by atoms with Gasteiger partial charge in [-0.2, -0.15) is 0 Å². The summed E-state index contributed by atoms with van der Waals surface area (Å²) in [6, 6.07) is 22.1. The third kappa shape index (κ3) is 8.17. The number of rotatable bonds is 16. The molecule has 0 saturated heterocycles. The van der Waals surface area contributed by atoms with Crippen LogP contribution in [0.15, 0.2) is 60.7 Å². The Morgan fingerprint density at radius 3 is 1.02 bits per heavy atom. The van der Waals surface area contributed by atoms with Gasteiger partial charge in [-0.15, -0.1) is 22.1 Å². The molecule has 61 heavy (non-hydrogen) atoms. The van der Waals surface area contributed by atoms with Gasteiger partial charge in [-0.05, 0) is 122 Å². The molecule has 322 valence electrons. The molecule has 0 spiro atoms. The van der Waals surface area contributed by atoms with Crippen LogP contribution in [0.2, 0.25) is 0 Å². The van der Waals surface area contributed by atoms with Gasteiger partial charge in [0.1, 0.15) is 0 Å². The maximum atomic E-state index is 5.93. The SMILES string of the molecule is CCCCc1c2nc(c(-c3ccccc3)c3[n-]c(c(CC)c3CC)c(CCCC)c3[n-]c(c(CC)c3CC)c(-c3ccccc3)c3nc1C(CC)=C3CC)C(CC)=C2CC.[Ni+2]. The van der Waals surface area contributed by atoms with Crippen LogP contribution in [0.25, 0.3) is 66.6 Å². The largest absolute Gasteiger partial charge is 2.00 e. The molecular formula is C56H68N4Ni.